The fraction of sp³-hybridized carbons (Fsp3) is 0.368. The van der Waals surface area contributed by atoms with Gasteiger partial charge in [-0.1, -0.05) is 18.2 Å². The Kier molecular flexibility index (Phi) is 6.27. The summed E-state index contributed by atoms with van der Waals surface area (Å²) in [6.07, 6.45) is 1.83. The molecule has 1 heterocycles. The number of carbonyl (C=O) groups is 2. The molecule has 1 aliphatic carbocycles. The van der Waals surface area contributed by atoms with Gasteiger partial charge in [0.1, 0.15) is 18.2 Å². The van der Waals surface area contributed by atoms with Crippen molar-refractivity contribution in [2.75, 3.05) is 12.4 Å². The minimum atomic E-state index is -0.308. The van der Waals surface area contributed by atoms with Crippen molar-refractivity contribution in [2.24, 2.45) is 0 Å². The number of rotatable bonds is 8. The first-order valence-electron chi connectivity index (χ1n) is 8.47. The zero-order valence-corrected chi connectivity index (χ0v) is 15.8. The van der Waals surface area contributed by atoms with E-state index < -0.39 is 0 Å². The van der Waals surface area contributed by atoms with E-state index in [2.05, 4.69) is 0 Å². The van der Waals surface area contributed by atoms with Crippen molar-refractivity contribution in [1.82, 2.24) is 9.80 Å². The first-order valence-corrected chi connectivity index (χ1v) is 9.88. The lowest BCUT2D eigenvalue weighted by molar-refractivity contribution is -0.140. The van der Waals surface area contributed by atoms with Crippen LogP contribution in [0.15, 0.2) is 41.8 Å². The maximum atomic E-state index is 13.1. The molecule has 1 fully saturated rings. The Morgan fingerprint density at radius 2 is 1.85 bits per heavy atom. The van der Waals surface area contributed by atoms with E-state index in [0.29, 0.717) is 13.1 Å². The first kappa shape index (κ1) is 18.9. The van der Waals surface area contributed by atoms with Gasteiger partial charge >= 0.3 is 0 Å². The van der Waals surface area contributed by atoms with Gasteiger partial charge in [0.25, 0.3) is 0 Å². The number of amides is 2. The van der Waals surface area contributed by atoms with E-state index in [9.17, 15) is 14.0 Å². The third kappa shape index (κ3) is 5.05. The van der Waals surface area contributed by atoms with Gasteiger partial charge in [-0.15, -0.1) is 22.9 Å². The van der Waals surface area contributed by atoms with E-state index in [4.69, 9.17) is 11.6 Å². The average molecular weight is 395 g/mol. The lowest BCUT2D eigenvalue weighted by Crippen LogP contribution is -2.44. The zero-order valence-electron chi connectivity index (χ0n) is 14.2. The molecule has 0 spiro atoms. The van der Waals surface area contributed by atoms with Crippen LogP contribution in [-0.2, 0) is 22.7 Å². The molecule has 2 aromatic rings. The quantitative estimate of drug-likeness (QED) is 0.641. The molecule has 4 nitrogen and oxygen atoms in total. The molecule has 2 amide bonds. The molecular formula is C19H20ClFN2O2S. The number of benzene rings is 1. The van der Waals surface area contributed by atoms with Crippen LogP contribution in [0.1, 0.15) is 23.3 Å². The highest BCUT2D eigenvalue weighted by Gasteiger charge is 2.34. The van der Waals surface area contributed by atoms with E-state index >= 15 is 0 Å². The van der Waals surface area contributed by atoms with E-state index in [-0.39, 0.29) is 36.1 Å². The summed E-state index contributed by atoms with van der Waals surface area (Å²) in [6, 6.07) is 10.2. The minimum absolute atomic E-state index is 0.0305. The molecule has 0 saturated heterocycles. The highest BCUT2D eigenvalue weighted by molar-refractivity contribution is 7.09. The topological polar surface area (TPSA) is 40.6 Å². The van der Waals surface area contributed by atoms with Crippen LogP contribution in [-0.4, -0.2) is 40.1 Å². The molecule has 0 bridgehead atoms. The predicted molar refractivity (Wildman–Crippen MR) is 100 cm³/mol. The molecule has 1 aliphatic rings. The normalized spacial score (nSPS) is 13.5. The predicted octanol–water partition coefficient (Wildman–Crippen LogP) is 3.65. The Balaban J connectivity index is 1.73. The molecule has 3 rings (SSSR count). The van der Waals surface area contributed by atoms with Gasteiger partial charge in [0.2, 0.25) is 11.8 Å². The fourth-order valence-electron chi connectivity index (χ4n) is 2.76. The molecule has 0 N–H and O–H groups in total. The summed E-state index contributed by atoms with van der Waals surface area (Å²) in [4.78, 5) is 29.3. The van der Waals surface area contributed by atoms with Crippen LogP contribution < -0.4 is 0 Å². The van der Waals surface area contributed by atoms with Gasteiger partial charge in [0.05, 0.1) is 6.54 Å². The fourth-order valence-corrected chi connectivity index (χ4v) is 3.64. The molecule has 1 aromatic carbocycles. The van der Waals surface area contributed by atoms with Gasteiger partial charge in [0.15, 0.2) is 0 Å². The van der Waals surface area contributed by atoms with Crippen LogP contribution in [0.25, 0.3) is 0 Å². The Bertz CT molecular complexity index is 747. The number of thiophene rings is 1. The van der Waals surface area contributed by atoms with Gasteiger partial charge in [-0.25, -0.2) is 4.39 Å². The highest BCUT2D eigenvalue weighted by Crippen LogP contribution is 2.27. The monoisotopic (exact) mass is 394 g/mol. The van der Waals surface area contributed by atoms with Crippen molar-refractivity contribution in [2.45, 2.75) is 32.0 Å². The Morgan fingerprint density at radius 1 is 1.12 bits per heavy atom. The summed E-state index contributed by atoms with van der Waals surface area (Å²) < 4.78 is 13.1. The van der Waals surface area contributed by atoms with Crippen LogP contribution in [0.4, 0.5) is 4.39 Å². The van der Waals surface area contributed by atoms with Gasteiger partial charge < -0.3 is 9.80 Å². The summed E-state index contributed by atoms with van der Waals surface area (Å²) in [5, 5.41) is 1.96. The lowest BCUT2D eigenvalue weighted by Gasteiger charge is -2.27. The Labute approximate surface area is 161 Å². The maximum absolute atomic E-state index is 13.1. The number of halogens is 2. The third-order valence-electron chi connectivity index (χ3n) is 4.29. The molecule has 0 aliphatic heterocycles. The number of alkyl halides is 1. The van der Waals surface area contributed by atoms with Crippen molar-refractivity contribution in [3.05, 3.63) is 58.0 Å². The van der Waals surface area contributed by atoms with Crippen LogP contribution in [0, 0.1) is 5.82 Å². The number of carbonyl (C=O) groups excluding carboxylic acids is 2. The second-order valence-corrected chi connectivity index (χ2v) is 7.64. The summed E-state index contributed by atoms with van der Waals surface area (Å²) in [5.74, 6) is -0.766. The van der Waals surface area contributed by atoms with E-state index in [1.807, 2.05) is 17.5 Å². The molecule has 138 valence electrons. The Morgan fingerprint density at radius 3 is 2.42 bits per heavy atom. The largest absolute Gasteiger partial charge is 0.332 e. The maximum Gasteiger partial charge on any atom is 0.242 e. The average Bonchev–Trinajstić information content (AvgIpc) is 3.36. The standard InChI is InChI=1S/C19H20ClFN2O2S/c20-10-18(24)23(16-7-8-16)13-19(25)22(12-17-2-1-9-26-17)11-14-3-5-15(21)6-4-14/h1-6,9,16H,7-8,10-13H2. The SMILES string of the molecule is O=C(CN(C(=O)CCl)C1CC1)N(Cc1ccc(F)cc1)Cc1cccs1. The summed E-state index contributed by atoms with van der Waals surface area (Å²) in [7, 11) is 0. The van der Waals surface area contributed by atoms with Crippen LogP contribution in [0.3, 0.4) is 0 Å². The number of hydrogen-bond acceptors (Lipinski definition) is 3. The molecule has 0 radical (unpaired) electrons. The number of hydrogen-bond donors (Lipinski definition) is 0. The van der Waals surface area contributed by atoms with Crippen molar-refractivity contribution in [3.8, 4) is 0 Å². The highest BCUT2D eigenvalue weighted by atomic mass is 35.5. The molecule has 0 unspecified atom stereocenters. The minimum Gasteiger partial charge on any atom is -0.332 e. The summed E-state index contributed by atoms with van der Waals surface area (Å²) in [6.45, 7) is 0.856. The molecule has 1 saturated carbocycles. The number of nitrogens with zero attached hydrogens (tertiary/aromatic N) is 2. The van der Waals surface area contributed by atoms with Crippen LogP contribution in [0.5, 0.6) is 0 Å². The lowest BCUT2D eigenvalue weighted by atomic mass is 10.2. The van der Waals surface area contributed by atoms with Gasteiger partial charge in [-0.2, -0.15) is 0 Å². The van der Waals surface area contributed by atoms with Gasteiger partial charge in [-0.05, 0) is 42.0 Å². The molecule has 7 heteroatoms. The van der Waals surface area contributed by atoms with Crippen LogP contribution in [0.2, 0.25) is 0 Å². The van der Waals surface area contributed by atoms with Crippen LogP contribution >= 0.6 is 22.9 Å². The van der Waals surface area contributed by atoms with Crippen molar-refractivity contribution < 1.29 is 14.0 Å². The van der Waals surface area contributed by atoms with Crippen molar-refractivity contribution in [3.63, 3.8) is 0 Å². The Hall–Kier alpha value is -1.92. The van der Waals surface area contributed by atoms with Crippen molar-refractivity contribution >= 4 is 34.8 Å². The smallest absolute Gasteiger partial charge is 0.242 e. The molecular weight excluding hydrogens is 375 g/mol. The third-order valence-corrected chi connectivity index (χ3v) is 5.38. The van der Waals surface area contributed by atoms with Crippen molar-refractivity contribution in [1.29, 1.82) is 0 Å². The summed E-state index contributed by atoms with van der Waals surface area (Å²) >= 11 is 7.27. The molecule has 26 heavy (non-hydrogen) atoms. The molecule has 1 aromatic heterocycles. The summed E-state index contributed by atoms with van der Waals surface area (Å²) in [5.41, 5.74) is 0.845. The van der Waals surface area contributed by atoms with Gasteiger partial charge in [0, 0.05) is 17.5 Å². The second kappa shape index (κ2) is 8.64. The van der Waals surface area contributed by atoms with Gasteiger partial charge in [-0.3, -0.25) is 9.59 Å². The zero-order chi connectivity index (χ0) is 18.5. The van der Waals surface area contributed by atoms with E-state index in [0.717, 1.165) is 23.3 Å². The van der Waals surface area contributed by atoms with E-state index in [1.165, 1.54) is 12.1 Å². The van der Waals surface area contributed by atoms with E-state index in [1.54, 1.807) is 33.3 Å². The molecule has 0 atom stereocenters. The first-order chi connectivity index (χ1) is 12.6. The second-order valence-electron chi connectivity index (χ2n) is 6.34.